The maximum Gasteiger partial charge on any atom is 0.229 e. The van der Waals surface area contributed by atoms with Crippen LogP contribution in [0.1, 0.15) is 19.8 Å². The molecule has 0 bridgehead atoms. The Hall–Kier alpha value is -3.48. The average molecular weight is 420 g/mol. The van der Waals surface area contributed by atoms with Gasteiger partial charge in [0.15, 0.2) is 0 Å². The summed E-state index contributed by atoms with van der Waals surface area (Å²) in [7, 11) is 0. The highest BCUT2D eigenvalue weighted by Gasteiger charge is 2.27. The molecule has 4 rings (SSSR count). The predicted octanol–water partition coefficient (Wildman–Crippen LogP) is 4.54. The second kappa shape index (κ2) is 9.55. The molecule has 0 radical (unpaired) electrons. The highest BCUT2D eigenvalue weighted by molar-refractivity contribution is 5.93. The van der Waals surface area contributed by atoms with Gasteiger partial charge in [-0.25, -0.2) is 14.4 Å². The van der Waals surface area contributed by atoms with Crippen molar-refractivity contribution in [2.75, 3.05) is 29.9 Å². The summed E-state index contributed by atoms with van der Waals surface area (Å²) in [6.07, 6.45) is 5.10. The largest absolute Gasteiger partial charge is 0.494 e. The molecule has 3 aromatic rings. The lowest BCUT2D eigenvalue weighted by Crippen LogP contribution is -2.41. The van der Waals surface area contributed by atoms with E-state index in [1.807, 2.05) is 42.2 Å². The molecule has 0 saturated carbocycles. The molecule has 6 nitrogen and oxygen atoms in total. The average Bonchev–Trinajstić information content (AvgIpc) is 2.81. The Kier molecular flexibility index (Phi) is 6.40. The van der Waals surface area contributed by atoms with E-state index in [2.05, 4.69) is 15.3 Å². The van der Waals surface area contributed by atoms with E-state index < -0.39 is 0 Å². The van der Waals surface area contributed by atoms with Crippen LogP contribution in [-0.4, -0.2) is 35.6 Å². The van der Waals surface area contributed by atoms with Crippen LogP contribution < -0.4 is 15.0 Å². The number of piperidine rings is 1. The zero-order valence-electron chi connectivity index (χ0n) is 17.4. The van der Waals surface area contributed by atoms with E-state index in [-0.39, 0.29) is 17.6 Å². The number of nitrogens with zero attached hydrogens (tertiary/aromatic N) is 3. The fraction of sp³-hybridized carbons (Fsp3) is 0.292. The Labute approximate surface area is 181 Å². The Balaban J connectivity index is 1.39. The highest BCUT2D eigenvalue weighted by Crippen LogP contribution is 2.24. The van der Waals surface area contributed by atoms with E-state index in [0.29, 0.717) is 19.1 Å². The number of anilines is 2. The molecule has 1 aromatic heterocycles. The number of aromatic nitrogens is 2. The molecule has 1 aliphatic heterocycles. The zero-order chi connectivity index (χ0) is 21.6. The number of amides is 1. The van der Waals surface area contributed by atoms with Gasteiger partial charge in [-0.05, 0) is 61.7 Å². The van der Waals surface area contributed by atoms with Gasteiger partial charge in [0.2, 0.25) is 11.9 Å². The molecule has 2 aromatic carbocycles. The van der Waals surface area contributed by atoms with Gasteiger partial charge in [-0.3, -0.25) is 4.79 Å². The molecule has 1 atom stereocenters. The van der Waals surface area contributed by atoms with Crippen LogP contribution >= 0.6 is 0 Å². The van der Waals surface area contributed by atoms with Crippen molar-refractivity contribution in [2.24, 2.45) is 5.92 Å². The quantitative estimate of drug-likeness (QED) is 0.634. The first kappa shape index (κ1) is 20.8. The number of nitrogens with one attached hydrogen (secondary N) is 1. The first-order valence-electron chi connectivity index (χ1n) is 10.5. The Morgan fingerprint density at radius 1 is 1.16 bits per heavy atom. The molecule has 31 heavy (non-hydrogen) atoms. The molecule has 0 spiro atoms. The molecule has 1 N–H and O–H groups in total. The molecular formula is C24H25FN4O2. The Bertz CT molecular complexity index is 1020. The SMILES string of the molecule is CCOc1ccc(NC(=O)[C@H]2CCCN(c3ncc(-c4cccc(F)c4)cn3)C2)cc1. The van der Waals surface area contributed by atoms with Gasteiger partial charge in [-0.15, -0.1) is 0 Å². The monoisotopic (exact) mass is 420 g/mol. The van der Waals surface area contributed by atoms with Crippen LogP contribution in [0, 0.1) is 11.7 Å². The zero-order valence-corrected chi connectivity index (χ0v) is 17.4. The van der Waals surface area contributed by atoms with Crippen LogP contribution in [0.2, 0.25) is 0 Å². The summed E-state index contributed by atoms with van der Waals surface area (Å²) in [4.78, 5) is 23.7. The number of ether oxygens (including phenoxy) is 1. The maximum atomic E-state index is 13.5. The summed E-state index contributed by atoms with van der Waals surface area (Å²) >= 11 is 0. The van der Waals surface area contributed by atoms with Crippen LogP contribution in [0.15, 0.2) is 60.9 Å². The third kappa shape index (κ3) is 5.17. The smallest absolute Gasteiger partial charge is 0.229 e. The second-order valence-corrected chi connectivity index (χ2v) is 7.51. The van der Waals surface area contributed by atoms with Crippen molar-refractivity contribution < 1.29 is 13.9 Å². The van der Waals surface area contributed by atoms with Crippen molar-refractivity contribution in [3.05, 3.63) is 66.7 Å². The van der Waals surface area contributed by atoms with Gasteiger partial charge in [0.25, 0.3) is 0 Å². The number of halogens is 1. The normalized spacial score (nSPS) is 16.1. The van der Waals surface area contributed by atoms with Gasteiger partial charge in [-0.1, -0.05) is 12.1 Å². The van der Waals surface area contributed by atoms with Crippen molar-refractivity contribution in [3.63, 3.8) is 0 Å². The molecule has 0 unspecified atom stereocenters. The fourth-order valence-electron chi connectivity index (χ4n) is 3.72. The lowest BCUT2D eigenvalue weighted by atomic mass is 9.97. The van der Waals surface area contributed by atoms with Crippen molar-refractivity contribution in [2.45, 2.75) is 19.8 Å². The fourth-order valence-corrected chi connectivity index (χ4v) is 3.72. The first-order valence-corrected chi connectivity index (χ1v) is 10.5. The number of benzene rings is 2. The first-order chi connectivity index (χ1) is 15.1. The van der Waals surface area contributed by atoms with Crippen LogP contribution in [0.4, 0.5) is 16.0 Å². The summed E-state index contributed by atoms with van der Waals surface area (Å²) in [5, 5.41) is 2.99. The second-order valence-electron chi connectivity index (χ2n) is 7.51. The molecular weight excluding hydrogens is 395 g/mol. The van der Waals surface area contributed by atoms with E-state index in [1.165, 1.54) is 12.1 Å². The topological polar surface area (TPSA) is 67.3 Å². The van der Waals surface area contributed by atoms with E-state index in [4.69, 9.17) is 4.74 Å². The lowest BCUT2D eigenvalue weighted by Gasteiger charge is -2.32. The molecule has 7 heteroatoms. The minimum absolute atomic E-state index is 0.00904. The van der Waals surface area contributed by atoms with Crippen LogP contribution in [0.3, 0.4) is 0 Å². The van der Waals surface area contributed by atoms with E-state index in [9.17, 15) is 9.18 Å². The van der Waals surface area contributed by atoms with Crippen molar-refractivity contribution in [1.82, 2.24) is 9.97 Å². The molecule has 1 saturated heterocycles. The highest BCUT2D eigenvalue weighted by atomic mass is 19.1. The summed E-state index contributed by atoms with van der Waals surface area (Å²) in [5.41, 5.74) is 2.24. The molecule has 1 amide bonds. The van der Waals surface area contributed by atoms with Gasteiger partial charge in [0.1, 0.15) is 11.6 Å². The molecule has 2 heterocycles. The van der Waals surface area contributed by atoms with Crippen molar-refractivity contribution >= 4 is 17.5 Å². The lowest BCUT2D eigenvalue weighted by molar-refractivity contribution is -0.120. The summed E-state index contributed by atoms with van der Waals surface area (Å²) in [6, 6.07) is 13.7. The number of rotatable bonds is 6. The number of carbonyl (C=O) groups excluding carboxylic acids is 1. The predicted molar refractivity (Wildman–Crippen MR) is 119 cm³/mol. The van der Waals surface area contributed by atoms with Gasteiger partial charge in [0.05, 0.1) is 12.5 Å². The molecule has 1 fully saturated rings. The molecule has 160 valence electrons. The van der Waals surface area contributed by atoms with Gasteiger partial charge < -0.3 is 15.0 Å². The van der Waals surface area contributed by atoms with Crippen LogP contribution in [0.5, 0.6) is 5.75 Å². The standard InChI is InChI=1S/C24H25FN4O2/c1-2-31-22-10-8-21(9-11-22)28-23(30)18-6-4-12-29(16-18)24-26-14-19(15-27-24)17-5-3-7-20(25)13-17/h3,5,7-11,13-15,18H,2,4,6,12,16H2,1H3,(H,28,30)/t18-/m0/s1. The van der Waals surface area contributed by atoms with Crippen LogP contribution in [0.25, 0.3) is 11.1 Å². The summed E-state index contributed by atoms with van der Waals surface area (Å²) < 4.78 is 18.9. The van der Waals surface area contributed by atoms with E-state index in [1.54, 1.807) is 18.5 Å². The third-order valence-corrected chi connectivity index (χ3v) is 5.30. The number of hydrogen-bond donors (Lipinski definition) is 1. The van der Waals surface area contributed by atoms with Gasteiger partial charge in [-0.2, -0.15) is 0 Å². The van der Waals surface area contributed by atoms with Gasteiger partial charge in [0, 0.05) is 36.7 Å². The summed E-state index contributed by atoms with van der Waals surface area (Å²) in [6.45, 7) is 3.90. The van der Waals surface area contributed by atoms with Gasteiger partial charge >= 0.3 is 0 Å². The number of carbonyl (C=O) groups is 1. The number of hydrogen-bond acceptors (Lipinski definition) is 5. The summed E-state index contributed by atoms with van der Waals surface area (Å²) in [5.74, 6) is 0.915. The van der Waals surface area contributed by atoms with E-state index in [0.717, 1.165) is 42.0 Å². The Morgan fingerprint density at radius 3 is 2.65 bits per heavy atom. The van der Waals surface area contributed by atoms with Crippen LogP contribution in [-0.2, 0) is 4.79 Å². The maximum absolute atomic E-state index is 13.5. The van der Waals surface area contributed by atoms with Crippen molar-refractivity contribution in [3.8, 4) is 16.9 Å². The minimum atomic E-state index is -0.293. The van der Waals surface area contributed by atoms with Crippen molar-refractivity contribution in [1.29, 1.82) is 0 Å². The Morgan fingerprint density at radius 2 is 1.94 bits per heavy atom. The minimum Gasteiger partial charge on any atom is -0.494 e. The molecule has 0 aliphatic carbocycles. The third-order valence-electron chi connectivity index (χ3n) is 5.30. The van der Waals surface area contributed by atoms with E-state index >= 15 is 0 Å². The molecule has 1 aliphatic rings.